The number of carbonyl (C=O) groups excluding carboxylic acids is 1. The molecule has 0 spiro atoms. The van der Waals surface area contributed by atoms with E-state index in [-0.39, 0.29) is 0 Å². The van der Waals surface area contributed by atoms with Gasteiger partial charge >= 0.3 is 0 Å². The van der Waals surface area contributed by atoms with Crippen molar-refractivity contribution in [1.29, 1.82) is 0 Å². The predicted octanol–water partition coefficient (Wildman–Crippen LogP) is 2.69. The number of hydrogen-bond donors (Lipinski definition) is 0. The Morgan fingerprint density at radius 3 is 2.33 bits per heavy atom. The molecule has 0 radical (unpaired) electrons. The average molecular weight is 164 g/mol. The summed E-state index contributed by atoms with van der Waals surface area (Å²) in [6.45, 7) is 0. The highest BCUT2D eigenvalue weighted by molar-refractivity contribution is 5.78. The standard InChI is InChI=1S/C11H16O/c12-11-9-7-5-3-1-2-4-6-8-10-11/h1,3,5-10H2. The highest BCUT2D eigenvalue weighted by Crippen LogP contribution is 2.07. The van der Waals surface area contributed by atoms with Crippen LogP contribution in [0, 0.1) is 11.8 Å². The van der Waals surface area contributed by atoms with Crippen LogP contribution in [0.5, 0.6) is 0 Å². The molecule has 0 unspecified atom stereocenters. The minimum atomic E-state index is 0.429. The van der Waals surface area contributed by atoms with Crippen molar-refractivity contribution in [3.63, 3.8) is 0 Å². The molecule has 1 heteroatoms. The van der Waals surface area contributed by atoms with Gasteiger partial charge in [-0.15, -0.1) is 11.8 Å². The molecule has 1 aliphatic rings. The van der Waals surface area contributed by atoms with Crippen molar-refractivity contribution < 1.29 is 4.79 Å². The van der Waals surface area contributed by atoms with E-state index in [9.17, 15) is 4.79 Å². The van der Waals surface area contributed by atoms with Crippen molar-refractivity contribution in [2.24, 2.45) is 0 Å². The van der Waals surface area contributed by atoms with E-state index in [0.717, 1.165) is 38.5 Å². The Hall–Kier alpha value is -0.770. The average Bonchev–Trinajstić information content (AvgIpc) is 2.11. The molecule has 12 heavy (non-hydrogen) atoms. The lowest BCUT2D eigenvalue weighted by Crippen LogP contribution is -1.96. The van der Waals surface area contributed by atoms with E-state index in [1.165, 1.54) is 12.8 Å². The van der Waals surface area contributed by atoms with Gasteiger partial charge < -0.3 is 0 Å². The highest BCUT2D eigenvalue weighted by Gasteiger charge is 2.01. The third-order valence-electron chi connectivity index (χ3n) is 2.14. The number of carbonyl (C=O) groups is 1. The van der Waals surface area contributed by atoms with E-state index in [2.05, 4.69) is 11.8 Å². The van der Waals surface area contributed by atoms with Gasteiger partial charge in [0.2, 0.25) is 0 Å². The zero-order valence-corrected chi connectivity index (χ0v) is 7.57. The van der Waals surface area contributed by atoms with Gasteiger partial charge in [0.25, 0.3) is 0 Å². The van der Waals surface area contributed by atoms with Gasteiger partial charge in [-0.1, -0.05) is 6.42 Å². The summed E-state index contributed by atoms with van der Waals surface area (Å²) in [6, 6.07) is 0. The molecule has 0 fully saturated rings. The molecule has 0 aromatic carbocycles. The molecular weight excluding hydrogens is 148 g/mol. The molecule has 66 valence electrons. The summed E-state index contributed by atoms with van der Waals surface area (Å²) < 4.78 is 0. The molecular formula is C11H16O. The van der Waals surface area contributed by atoms with E-state index in [0.29, 0.717) is 5.78 Å². The Morgan fingerprint density at radius 1 is 0.833 bits per heavy atom. The first kappa shape index (κ1) is 9.32. The van der Waals surface area contributed by atoms with Crippen LogP contribution in [0.25, 0.3) is 0 Å². The lowest BCUT2D eigenvalue weighted by Gasteiger charge is -1.97. The summed E-state index contributed by atoms with van der Waals surface area (Å²) in [5.74, 6) is 6.67. The van der Waals surface area contributed by atoms with Gasteiger partial charge in [0.1, 0.15) is 5.78 Å². The summed E-state index contributed by atoms with van der Waals surface area (Å²) in [6.07, 6.45) is 7.83. The molecule has 0 atom stereocenters. The van der Waals surface area contributed by atoms with Crippen LogP contribution in [0.3, 0.4) is 0 Å². The van der Waals surface area contributed by atoms with Crippen molar-refractivity contribution in [1.82, 2.24) is 0 Å². The second-order valence-corrected chi connectivity index (χ2v) is 3.31. The molecule has 1 rings (SSSR count). The topological polar surface area (TPSA) is 17.1 Å². The minimum Gasteiger partial charge on any atom is -0.300 e. The van der Waals surface area contributed by atoms with Crippen LogP contribution in [0.1, 0.15) is 51.4 Å². The quantitative estimate of drug-likeness (QED) is 0.503. The van der Waals surface area contributed by atoms with Gasteiger partial charge in [0, 0.05) is 25.7 Å². The third-order valence-corrected chi connectivity index (χ3v) is 2.14. The Morgan fingerprint density at radius 2 is 1.50 bits per heavy atom. The minimum absolute atomic E-state index is 0.429. The molecule has 0 amide bonds. The van der Waals surface area contributed by atoms with Crippen LogP contribution in [0.2, 0.25) is 0 Å². The van der Waals surface area contributed by atoms with Gasteiger partial charge in [-0.3, -0.25) is 4.79 Å². The Kier molecular flexibility index (Phi) is 4.52. The number of hydrogen-bond acceptors (Lipinski definition) is 1. The normalized spacial score (nSPS) is 20.5. The summed E-state index contributed by atoms with van der Waals surface area (Å²) in [5, 5.41) is 0. The van der Waals surface area contributed by atoms with Crippen LogP contribution >= 0.6 is 0 Å². The molecule has 0 bridgehead atoms. The maximum absolute atomic E-state index is 11.2. The van der Waals surface area contributed by atoms with Gasteiger partial charge in [0.05, 0.1) is 0 Å². The van der Waals surface area contributed by atoms with Crippen LogP contribution in [0.15, 0.2) is 0 Å². The summed E-state index contributed by atoms with van der Waals surface area (Å²) in [5.41, 5.74) is 0. The highest BCUT2D eigenvalue weighted by atomic mass is 16.1. The van der Waals surface area contributed by atoms with Crippen molar-refractivity contribution in [3.05, 3.63) is 0 Å². The predicted molar refractivity (Wildman–Crippen MR) is 49.7 cm³/mol. The van der Waals surface area contributed by atoms with E-state index < -0.39 is 0 Å². The SMILES string of the molecule is O=C1CCCC#CCCCCC1. The molecule has 0 aromatic rings. The Labute approximate surface area is 74.5 Å². The fourth-order valence-electron chi connectivity index (χ4n) is 1.39. The van der Waals surface area contributed by atoms with Gasteiger partial charge in [-0.25, -0.2) is 0 Å². The first-order chi connectivity index (χ1) is 5.89. The Balaban J connectivity index is 2.29. The molecule has 0 heterocycles. The zero-order chi connectivity index (χ0) is 8.65. The number of Topliss-reactive ketones (excluding diaryl/α,β-unsaturated/α-hetero) is 1. The van der Waals surface area contributed by atoms with Gasteiger partial charge in [-0.2, -0.15) is 0 Å². The van der Waals surface area contributed by atoms with Crippen molar-refractivity contribution in [3.8, 4) is 11.8 Å². The molecule has 1 aliphatic carbocycles. The van der Waals surface area contributed by atoms with E-state index in [1.807, 2.05) is 0 Å². The van der Waals surface area contributed by atoms with Crippen molar-refractivity contribution >= 4 is 5.78 Å². The first-order valence-corrected chi connectivity index (χ1v) is 4.87. The van der Waals surface area contributed by atoms with Crippen molar-refractivity contribution in [2.75, 3.05) is 0 Å². The number of ketones is 1. The van der Waals surface area contributed by atoms with Crippen molar-refractivity contribution in [2.45, 2.75) is 51.4 Å². The Bertz CT molecular complexity index is 195. The second-order valence-electron chi connectivity index (χ2n) is 3.31. The lowest BCUT2D eigenvalue weighted by atomic mass is 10.1. The fourth-order valence-corrected chi connectivity index (χ4v) is 1.39. The molecule has 0 saturated heterocycles. The fraction of sp³-hybridized carbons (Fsp3) is 0.727. The molecule has 1 nitrogen and oxygen atoms in total. The third kappa shape index (κ3) is 4.18. The van der Waals surface area contributed by atoms with Crippen LogP contribution < -0.4 is 0 Å². The van der Waals surface area contributed by atoms with E-state index in [1.54, 1.807) is 0 Å². The molecule has 0 aromatic heterocycles. The summed E-state index contributed by atoms with van der Waals surface area (Å²) >= 11 is 0. The van der Waals surface area contributed by atoms with Crippen LogP contribution in [-0.4, -0.2) is 5.78 Å². The summed E-state index contributed by atoms with van der Waals surface area (Å²) in [7, 11) is 0. The first-order valence-electron chi connectivity index (χ1n) is 4.87. The monoisotopic (exact) mass is 164 g/mol. The van der Waals surface area contributed by atoms with E-state index >= 15 is 0 Å². The van der Waals surface area contributed by atoms with Gasteiger partial charge in [-0.05, 0) is 19.3 Å². The molecule has 0 aliphatic heterocycles. The molecule has 0 saturated carbocycles. The molecule has 0 N–H and O–H groups in total. The van der Waals surface area contributed by atoms with Crippen LogP contribution in [-0.2, 0) is 4.79 Å². The zero-order valence-electron chi connectivity index (χ0n) is 7.57. The lowest BCUT2D eigenvalue weighted by molar-refractivity contribution is -0.119. The van der Waals surface area contributed by atoms with E-state index in [4.69, 9.17) is 0 Å². The van der Waals surface area contributed by atoms with Crippen LogP contribution in [0.4, 0.5) is 0 Å². The second kappa shape index (κ2) is 5.83. The number of rotatable bonds is 0. The largest absolute Gasteiger partial charge is 0.300 e. The van der Waals surface area contributed by atoms with Gasteiger partial charge in [0.15, 0.2) is 0 Å². The maximum Gasteiger partial charge on any atom is 0.132 e. The maximum atomic E-state index is 11.2. The summed E-state index contributed by atoms with van der Waals surface area (Å²) in [4.78, 5) is 11.2. The smallest absolute Gasteiger partial charge is 0.132 e.